The highest BCUT2D eigenvalue weighted by molar-refractivity contribution is 7.11. The van der Waals surface area contributed by atoms with E-state index in [0.717, 1.165) is 68.6 Å². The molecule has 6 heteroatoms. The van der Waals surface area contributed by atoms with E-state index in [4.69, 9.17) is 9.47 Å². The van der Waals surface area contributed by atoms with Crippen LogP contribution >= 0.6 is 11.3 Å². The van der Waals surface area contributed by atoms with Crippen LogP contribution in [0.25, 0.3) is 0 Å². The molecule has 5 nitrogen and oxygen atoms in total. The Kier molecular flexibility index (Phi) is 9.79. The van der Waals surface area contributed by atoms with Gasteiger partial charge in [-0.05, 0) is 26.3 Å². The summed E-state index contributed by atoms with van der Waals surface area (Å²) in [4.78, 5) is 0. The first-order valence-electron chi connectivity index (χ1n) is 6.95. The normalized spacial score (nSPS) is 11.1. The van der Waals surface area contributed by atoms with E-state index in [9.17, 15) is 0 Å². The van der Waals surface area contributed by atoms with Gasteiger partial charge in [0.1, 0.15) is 10.0 Å². The Hall–Kier alpha value is -0.560. The zero-order valence-electron chi connectivity index (χ0n) is 12.0. The summed E-state index contributed by atoms with van der Waals surface area (Å²) >= 11 is 1.73. The molecule has 1 rings (SSSR count). The first kappa shape index (κ1) is 16.5. The Labute approximate surface area is 119 Å². The first-order valence-corrected chi connectivity index (χ1v) is 7.77. The van der Waals surface area contributed by atoms with Crippen molar-refractivity contribution in [1.29, 1.82) is 0 Å². The molecule has 0 bridgehead atoms. The fourth-order valence-corrected chi connectivity index (χ4v) is 2.55. The lowest BCUT2D eigenvalue weighted by Crippen LogP contribution is -2.20. The number of hydrogen-bond donors (Lipinski definition) is 1. The molecule has 19 heavy (non-hydrogen) atoms. The van der Waals surface area contributed by atoms with Crippen LogP contribution in [0.15, 0.2) is 0 Å². The van der Waals surface area contributed by atoms with E-state index in [0.29, 0.717) is 0 Å². The minimum Gasteiger partial charge on any atom is -0.383 e. The van der Waals surface area contributed by atoms with Crippen LogP contribution in [0.3, 0.4) is 0 Å². The van der Waals surface area contributed by atoms with Crippen molar-refractivity contribution in [3.63, 3.8) is 0 Å². The number of aromatic nitrogens is 2. The van der Waals surface area contributed by atoms with Gasteiger partial charge in [0.05, 0.1) is 6.61 Å². The average Bonchev–Trinajstić information content (AvgIpc) is 2.87. The molecule has 1 aromatic rings. The van der Waals surface area contributed by atoms with E-state index in [1.54, 1.807) is 18.4 Å². The Bertz CT molecular complexity index is 321. The Morgan fingerprint density at radius 3 is 2.47 bits per heavy atom. The average molecular weight is 287 g/mol. The van der Waals surface area contributed by atoms with E-state index < -0.39 is 0 Å². The van der Waals surface area contributed by atoms with Crippen LogP contribution in [0.1, 0.15) is 29.8 Å². The lowest BCUT2D eigenvalue weighted by atomic mass is 10.3. The first-order chi connectivity index (χ1) is 9.36. The van der Waals surface area contributed by atoms with Gasteiger partial charge >= 0.3 is 0 Å². The van der Waals surface area contributed by atoms with Gasteiger partial charge in [0, 0.05) is 39.7 Å². The molecule has 1 N–H and O–H groups in total. The molecular formula is C13H25N3O2S. The summed E-state index contributed by atoms with van der Waals surface area (Å²) < 4.78 is 10.3. The monoisotopic (exact) mass is 287 g/mol. The third kappa shape index (κ3) is 8.26. The molecule has 0 aromatic carbocycles. The van der Waals surface area contributed by atoms with Gasteiger partial charge in [0.15, 0.2) is 0 Å². The third-order valence-corrected chi connectivity index (χ3v) is 3.66. The molecule has 0 atom stereocenters. The highest BCUT2D eigenvalue weighted by Gasteiger charge is 2.03. The highest BCUT2D eigenvalue weighted by Crippen LogP contribution is 2.13. The van der Waals surface area contributed by atoms with Crippen molar-refractivity contribution >= 4 is 11.3 Å². The third-order valence-electron chi connectivity index (χ3n) is 2.62. The summed E-state index contributed by atoms with van der Waals surface area (Å²) in [5.41, 5.74) is 0. The molecule has 1 heterocycles. The van der Waals surface area contributed by atoms with Crippen molar-refractivity contribution in [3.8, 4) is 0 Å². The quantitative estimate of drug-likeness (QED) is 0.593. The predicted octanol–water partition coefficient (Wildman–Crippen LogP) is 1.68. The Morgan fingerprint density at radius 1 is 1.05 bits per heavy atom. The van der Waals surface area contributed by atoms with Crippen molar-refractivity contribution in [3.05, 3.63) is 10.0 Å². The zero-order chi connectivity index (χ0) is 13.8. The van der Waals surface area contributed by atoms with E-state index in [-0.39, 0.29) is 0 Å². The van der Waals surface area contributed by atoms with Crippen LogP contribution < -0.4 is 5.32 Å². The van der Waals surface area contributed by atoms with Crippen molar-refractivity contribution < 1.29 is 9.47 Å². The summed E-state index contributed by atoms with van der Waals surface area (Å²) in [6.07, 6.45) is 4.10. The minimum atomic E-state index is 0.767. The maximum atomic E-state index is 5.31. The molecule has 0 aliphatic carbocycles. The fraction of sp³-hybridized carbons (Fsp3) is 0.846. The van der Waals surface area contributed by atoms with Crippen LogP contribution in [0, 0.1) is 0 Å². The van der Waals surface area contributed by atoms with Crippen LogP contribution in [0.2, 0.25) is 0 Å². The molecule has 0 spiro atoms. The summed E-state index contributed by atoms with van der Waals surface area (Å²) in [5.74, 6) is 0. The SMILES string of the molecule is CCOCCCc1nnc(CCCNCCOC)s1. The lowest BCUT2D eigenvalue weighted by molar-refractivity contribution is 0.145. The predicted molar refractivity (Wildman–Crippen MR) is 77.8 cm³/mol. The fourth-order valence-electron chi connectivity index (χ4n) is 1.62. The summed E-state index contributed by atoms with van der Waals surface area (Å²) in [6, 6.07) is 0. The van der Waals surface area contributed by atoms with Gasteiger partial charge in [-0.1, -0.05) is 0 Å². The van der Waals surface area contributed by atoms with E-state index in [2.05, 4.69) is 15.5 Å². The van der Waals surface area contributed by atoms with Gasteiger partial charge in [-0.25, -0.2) is 0 Å². The summed E-state index contributed by atoms with van der Waals surface area (Å²) in [7, 11) is 1.72. The van der Waals surface area contributed by atoms with Gasteiger partial charge in [0.25, 0.3) is 0 Å². The molecule has 110 valence electrons. The van der Waals surface area contributed by atoms with Crippen molar-refractivity contribution in [2.24, 2.45) is 0 Å². The molecule has 0 radical (unpaired) electrons. The number of rotatable bonds is 12. The number of hydrogen-bond acceptors (Lipinski definition) is 6. The molecule has 0 saturated heterocycles. The summed E-state index contributed by atoms with van der Waals surface area (Å²) in [5, 5.41) is 14.0. The largest absolute Gasteiger partial charge is 0.383 e. The van der Waals surface area contributed by atoms with Crippen molar-refractivity contribution in [2.45, 2.75) is 32.6 Å². The molecule has 0 saturated carbocycles. The number of aryl methyl sites for hydroxylation is 2. The summed E-state index contributed by atoms with van der Waals surface area (Å²) in [6.45, 7) is 6.30. The number of nitrogens with zero attached hydrogens (tertiary/aromatic N) is 2. The smallest absolute Gasteiger partial charge is 0.117 e. The lowest BCUT2D eigenvalue weighted by Gasteiger charge is -2.01. The number of methoxy groups -OCH3 is 1. The second-order valence-electron chi connectivity index (χ2n) is 4.24. The van der Waals surface area contributed by atoms with Crippen LogP contribution in [-0.4, -0.2) is 50.2 Å². The number of ether oxygens (including phenoxy) is 2. The zero-order valence-corrected chi connectivity index (χ0v) is 12.8. The van der Waals surface area contributed by atoms with Gasteiger partial charge in [-0.3, -0.25) is 0 Å². The molecule has 0 amide bonds. The maximum Gasteiger partial charge on any atom is 0.117 e. The Balaban J connectivity index is 2.06. The van der Waals surface area contributed by atoms with E-state index in [1.165, 1.54) is 0 Å². The molecular weight excluding hydrogens is 262 g/mol. The van der Waals surface area contributed by atoms with Crippen LogP contribution in [-0.2, 0) is 22.3 Å². The highest BCUT2D eigenvalue weighted by atomic mass is 32.1. The molecule has 0 aliphatic heterocycles. The van der Waals surface area contributed by atoms with Crippen molar-refractivity contribution in [2.75, 3.05) is 40.0 Å². The maximum absolute atomic E-state index is 5.31. The van der Waals surface area contributed by atoms with Gasteiger partial charge < -0.3 is 14.8 Å². The standard InChI is InChI=1S/C13H25N3O2S/c1-3-18-10-5-7-13-16-15-12(19-13)6-4-8-14-9-11-17-2/h14H,3-11H2,1-2H3. The Morgan fingerprint density at radius 2 is 1.79 bits per heavy atom. The topological polar surface area (TPSA) is 56.3 Å². The minimum absolute atomic E-state index is 0.767. The number of nitrogens with one attached hydrogen (secondary N) is 1. The van der Waals surface area contributed by atoms with Gasteiger partial charge in [-0.2, -0.15) is 0 Å². The van der Waals surface area contributed by atoms with Gasteiger partial charge in [0.2, 0.25) is 0 Å². The molecule has 1 aromatic heterocycles. The van der Waals surface area contributed by atoms with E-state index in [1.807, 2.05) is 6.92 Å². The molecule has 0 aliphatic rings. The van der Waals surface area contributed by atoms with Crippen LogP contribution in [0.4, 0.5) is 0 Å². The second-order valence-corrected chi connectivity index (χ2v) is 5.38. The van der Waals surface area contributed by atoms with Crippen LogP contribution in [0.5, 0.6) is 0 Å². The molecule has 0 fully saturated rings. The second kappa shape index (κ2) is 11.3. The van der Waals surface area contributed by atoms with E-state index >= 15 is 0 Å². The van der Waals surface area contributed by atoms with Crippen molar-refractivity contribution in [1.82, 2.24) is 15.5 Å². The molecule has 0 unspecified atom stereocenters. The van der Waals surface area contributed by atoms with Gasteiger partial charge in [-0.15, -0.1) is 21.5 Å².